The lowest BCUT2D eigenvalue weighted by Crippen LogP contribution is -2.35. The number of rotatable bonds is 8. The van der Waals surface area contributed by atoms with Crippen molar-refractivity contribution in [3.8, 4) is 17.6 Å². The summed E-state index contributed by atoms with van der Waals surface area (Å²) in [5.74, 6) is 6.83. The third-order valence-corrected chi connectivity index (χ3v) is 4.97. The Morgan fingerprint density at radius 1 is 1.11 bits per heavy atom. The number of aliphatic hydroxyl groups excluding tert-OH is 1. The molecule has 2 unspecified atom stereocenters. The SMILES string of the molecule is COc1ccc(COCCC2OC(C)(C)O[C@@H]2C(O)C#C[C@@H](C)C(C)C)cc1. The highest BCUT2D eigenvalue weighted by Gasteiger charge is 2.44. The number of aliphatic hydroxyl groups is 1. The molecular formula is C23H34O5. The van der Waals surface area contributed by atoms with Gasteiger partial charge in [-0.1, -0.05) is 44.7 Å². The second kappa shape index (κ2) is 10.3. The summed E-state index contributed by atoms with van der Waals surface area (Å²) < 4.78 is 22.8. The van der Waals surface area contributed by atoms with Crippen molar-refractivity contribution in [3.05, 3.63) is 29.8 Å². The van der Waals surface area contributed by atoms with Gasteiger partial charge in [-0.2, -0.15) is 0 Å². The van der Waals surface area contributed by atoms with E-state index in [1.807, 2.05) is 38.1 Å². The Bertz CT molecular complexity index is 656. The molecule has 0 saturated carbocycles. The van der Waals surface area contributed by atoms with Crippen molar-refractivity contribution in [2.75, 3.05) is 13.7 Å². The molecule has 5 nitrogen and oxygen atoms in total. The molecule has 4 atom stereocenters. The molecule has 28 heavy (non-hydrogen) atoms. The van der Waals surface area contributed by atoms with Gasteiger partial charge in [-0.25, -0.2) is 0 Å². The maximum Gasteiger partial charge on any atom is 0.163 e. The zero-order valence-electron chi connectivity index (χ0n) is 17.9. The van der Waals surface area contributed by atoms with E-state index >= 15 is 0 Å². The van der Waals surface area contributed by atoms with E-state index in [0.717, 1.165) is 11.3 Å². The van der Waals surface area contributed by atoms with Crippen LogP contribution in [0.15, 0.2) is 24.3 Å². The molecule has 1 aliphatic heterocycles. The number of hydrogen-bond donors (Lipinski definition) is 1. The molecule has 0 aliphatic carbocycles. The zero-order chi connectivity index (χ0) is 20.7. The number of hydrogen-bond acceptors (Lipinski definition) is 5. The van der Waals surface area contributed by atoms with Crippen LogP contribution in [-0.4, -0.2) is 42.9 Å². The fourth-order valence-corrected chi connectivity index (χ4v) is 2.93. The molecular weight excluding hydrogens is 356 g/mol. The van der Waals surface area contributed by atoms with Crippen molar-refractivity contribution >= 4 is 0 Å². The highest BCUT2D eigenvalue weighted by atomic mass is 16.8. The molecule has 2 rings (SSSR count). The van der Waals surface area contributed by atoms with Crippen LogP contribution >= 0.6 is 0 Å². The van der Waals surface area contributed by atoms with Gasteiger partial charge in [0.15, 0.2) is 5.79 Å². The van der Waals surface area contributed by atoms with Crippen LogP contribution in [0.3, 0.4) is 0 Å². The first kappa shape index (κ1) is 22.7. The third kappa shape index (κ3) is 6.79. The number of benzene rings is 1. The Balaban J connectivity index is 1.86. The average Bonchev–Trinajstić information content (AvgIpc) is 2.98. The first-order chi connectivity index (χ1) is 13.2. The van der Waals surface area contributed by atoms with Crippen molar-refractivity contribution in [1.29, 1.82) is 0 Å². The molecule has 0 aromatic heterocycles. The quantitative estimate of drug-likeness (QED) is 0.541. The highest BCUT2D eigenvalue weighted by Crippen LogP contribution is 2.31. The van der Waals surface area contributed by atoms with Crippen LogP contribution in [0, 0.1) is 23.7 Å². The smallest absolute Gasteiger partial charge is 0.163 e. The predicted octanol–water partition coefficient (Wildman–Crippen LogP) is 3.78. The molecule has 0 radical (unpaired) electrons. The largest absolute Gasteiger partial charge is 0.497 e. The minimum absolute atomic E-state index is 0.219. The standard InChI is InChI=1S/C23H34O5/c1-16(2)17(3)7-12-20(24)22-21(27-23(4,5)28-22)13-14-26-15-18-8-10-19(25-6)11-9-18/h8-11,16-17,20-22,24H,13-15H2,1-6H3/t17-,20?,21?,22-/m1/s1. The van der Waals surface area contributed by atoms with E-state index in [0.29, 0.717) is 25.6 Å². The van der Waals surface area contributed by atoms with Crippen LogP contribution in [0.5, 0.6) is 5.75 Å². The molecule has 1 aromatic rings. The maximum absolute atomic E-state index is 10.5. The minimum Gasteiger partial charge on any atom is -0.497 e. The summed E-state index contributed by atoms with van der Waals surface area (Å²) in [6, 6.07) is 7.79. The molecule has 0 amide bonds. The van der Waals surface area contributed by atoms with Crippen LogP contribution in [0.1, 0.15) is 46.6 Å². The van der Waals surface area contributed by atoms with Gasteiger partial charge >= 0.3 is 0 Å². The molecule has 156 valence electrons. The van der Waals surface area contributed by atoms with Crippen LogP contribution in [0.25, 0.3) is 0 Å². The van der Waals surface area contributed by atoms with Crippen molar-refractivity contribution in [2.24, 2.45) is 11.8 Å². The van der Waals surface area contributed by atoms with E-state index in [1.54, 1.807) is 7.11 Å². The summed E-state index contributed by atoms with van der Waals surface area (Å²) in [6.45, 7) is 11.0. The summed E-state index contributed by atoms with van der Waals surface area (Å²) in [5.41, 5.74) is 1.08. The van der Waals surface area contributed by atoms with E-state index in [4.69, 9.17) is 18.9 Å². The van der Waals surface area contributed by atoms with Crippen LogP contribution < -0.4 is 4.74 Å². The monoisotopic (exact) mass is 390 g/mol. The summed E-state index contributed by atoms with van der Waals surface area (Å²) in [6.07, 6.45) is -0.992. The van der Waals surface area contributed by atoms with Crippen LogP contribution in [0.2, 0.25) is 0 Å². The van der Waals surface area contributed by atoms with Crippen molar-refractivity contribution in [2.45, 2.75) is 71.7 Å². The second-order valence-electron chi connectivity index (χ2n) is 8.09. The Labute approximate surface area is 169 Å². The molecule has 5 heteroatoms. The molecule has 1 fully saturated rings. The summed E-state index contributed by atoms with van der Waals surface area (Å²) in [5, 5.41) is 10.5. The minimum atomic E-state index is -0.880. The van der Waals surface area contributed by atoms with Gasteiger partial charge < -0.3 is 24.1 Å². The Morgan fingerprint density at radius 2 is 1.79 bits per heavy atom. The lowest BCUT2D eigenvalue weighted by atomic mass is 9.98. The zero-order valence-corrected chi connectivity index (χ0v) is 17.9. The average molecular weight is 391 g/mol. The molecule has 0 spiro atoms. The van der Waals surface area contributed by atoms with E-state index in [9.17, 15) is 5.11 Å². The fourth-order valence-electron chi connectivity index (χ4n) is 2.93. The van der Waals surface area contributed by atoms with Crippen molar-refractivity contribution in [3.63, 3.8) is 0 Å². The molecule has 1 aromatic carbocycles. The van der Waals surface area contributed by atoms with Gasteiger partial charge in [-0.3, -0.25) is 0 Å². The van der Waals surface area contributed by atoms with Crippen LogP contribution in [-0.2, 0) is 20.8 Å². The molecule has 1 heterocycles. The van der Waals surface area contributed by atoms with Gasteiger partial charge in [-0.15, -0.1) is 0 Å². The lowest BCUT2D eigenvalue weighted by molar-refractivity contribution is -0.153. The summed E-state index contributed by atoms with van der Waals surface area (Å²) in [7, 11) is 1.65. The Hall–Kier alpha value is -1.58. The van der Waals surface area contributed by atoms with Gasteiger partial charge in [-0.05, 0) is 43.9 Å². The highest BCUT2D eigenvalue weighted by molar-refractivity contribution is 5.26. The van der Waals surface area contributed by atoms with E-state index in [-0.39, 0.29) is 12.0 Å². The molecule has 0 bridgehead atoms. The normalized spacial score (nSPS) is 23.1. The summed E-state index contributed by atoms with van der Waals surface area (Å²) in [4.78, 5) is 0. The van der Waals surface area contributed by atoms with Gasteiger partial charge in [0.05, 0.1) is 19.8 Å². The topological polar surface area (TPSA) is 57.2 Å². The van der Waals surface area contributed by atoms with E-state index in [1.165, 1.54) is 0 Å². The fraction of sp³-hybridized carbons (Fsp3) is 0.652. The third-order valence-electron chi connectivity index (χ3n) is 4.97. The lowest BCUT2D eigenvalue weighted by Gasteiger charge is -2.19. The Morgan fingerprint density at radius 3 is 2.39 bits per heavy atom. The van der Waals surface area contributed by atoms with E-state index in [2.05, 4.69) is 32.6 Å². The molecule has 1 saturated heterocycles. The molecule has 1 aliphatic rings. The predicted molar refractivity (Wildman–Crippen MR) is 109 cm³/mol. The van der Waals surface area contributed by atoms with Crippen LogP contribution in [0.4, 0.5) is 0 Å². The second-order valence-corrected chi connectivity index (χ2v) is 8.09. The first-order valence-electron chi connectivity index (χ1n) is 9.97. The van der Waals surface area contributed by atoms with E-state index < -0.39 is 18.0 Å². The molecule has 1 N–H and O–H groups in total. The maximum atomic E-state index is 10.5. The summed E-state index contributed by atoms with van der Waals surface area (Å²) >= 11 is 0. The first-order valence-corrected chi connectivity index (χ1v) is 9.97. The van der Waals surface area contributed by atoms with Gasteiger partial charge in [0.1, 0.15) is 18.0 Å². The van der Waals surface area contributed by atoms with Crippen molar-refractivity contribution < 1.29 is 24.1 Å². The van der Waals surface area contributed by atoms with Crippen molar-refractivity contribution in [1.82, 2.24) is 0 Å². The number of ether oxygens (including phenoxy) is 4. The van der Waals surface area contributed by atoms with Gasteiger partial charge in [0.2, 0.25) is 0 Å². The van der Waals surface area contributed by atoms with Gasteiger partial charge in [0, 0.05) is 12.5 Å². The Kier molecular flexibility index (Phi) is 8.33. The number of methoxy groups -OCH3 is 1. The van der Waals surface area contributed by atoms with Gasteiger partial charge in [0.25, 0.3) is 0 Å².